The Bertz CT molecular complexity index is 1380. The first-order valence-corrected chi connectivity index (χ1v) is 13.0. The van der Waals surface area contributed by atoms with Crippen LogP contribution in [0, 0.1) is 5.41 Å². The lowest BCUT2D eigenvalue weighted by molar-refractivity contribution is -0.134. The fraction of sp³-hybridized carbons (Fsp3) is 0.355. The highest BCUT2D eigenvalue weighted by atomic mass is 16.5. The smallest absolute Gasteiger partial charge is 0.223 e. The van der Waals surface area contributed by atoms with Crippen molar-refractivity contribution in [1.82, 2.24) is 19.2 Å². The molecule has 6 heteroatoms. The van der Waals surface area contributed by atoms with Crippen LogP contribution >= 0.6 is 0 Å². The fourth-order valence-electron chi connectivity index (χ4n) is 4.98. The number of benzene rings is 2. The minimum atomic E-state index is 0.00678. The number of aromatic nitrogens is 2. The van der Waals surface area contributed by atoms with E-state index in [9.17, 15) is 4.79 Å². The largest absolute Gasteiger partial charge is 0.497 e. The highest BCUT2D eigenvalue weighted by Crippen LogP contribution is 2.30. The van der Waals surface area contributed by atoms with E-state index >= 15 is 0 Å². The SMILES string of the molecule is COc1cccc(-c2nc3ccc(-c4ccccc4)cn3c2CN2CCN(C(=O)CC(C)(C)C)CC2)c1. The maximum atomic E-state index is 12.8. The molecule has 192 valence electrons. The van der Waals surface area contributed by atoms with Gasteiger partial charge in [0, 0.05) is 50.9 Å². The molecular formula is C31H36N4O2. The average Bonchev–Trinajstić information content (AvgIpc) is 3.26. The molecule has 2 aromatic carbocycles. The lowest BCUT2D eigenvalue weighted by Crippen LogP contribution is -2.49. The number of hydrogen-bond acceptors (Lipinski definition) is 4. The Morgan fingerprint density at radius 3 is 2.32 bits per heavy atom. The molecule has 4 aromatic rings. The number of carbonyl (C=O) groups is 1. The van der Waals surface area contributed by atoms with Gasteiger partial charge in [-0.15, -0.1) is 0 Å². The molecule has 2 aromatic heterocycles. The van der Waals surface area contributed by atoms with Crippen LogP contribution in [0.15, 0.2) is 72.9 Å². The Hall–Kier alpha value is -3.64. The van der Waals surface area contributed by atoms with E-state index in [1.807, 2.05) is 29.2 Å². The topological polar surface area (TPSA) is 50.1 Å². The second-order valence-corrected chi connectivity index (χ2v) is 11.0. The highest BCUT2D eigenvalue weighted by molar-refractivity contribution is 5.77. The Labute approximate surface area is 219 Å². The molecule has 0 unspecified atom stereocenters. The maximum Gasteiger partial charge on any atom is 0.223 e. The standard InChI is InChI=1S/C31H36N4O2/c1-31(2,3)20-29(36)34-17-15-33(16-18-34)22-27-30(24-11-8-12-26(19-24)37-4)32-28-14-13-25(21-35(27)28)23-9-6-5-7-10-23/h5-14,19,21H,15-18,20,22H2,1-4H3. The summed E-state index contributed by atoms with van der Waals surface area (Å²) in [5, 5.41) is 0. The summed E-state index contributed by atoms with van der Waals surface area (Å²) in [5.74, 6) is 1.07. The molecule has 0 saturated carbocycles. The molecule has 0 aliphatic carbocycles. The Morgan fingerprint density at radius 1 is 0.892 bits per heavy atom. The number of rotatable bonds is 6. The third-order valence-corrected chi connectivity index (χ3v) is 6.95. The summed E-state index contributed by atoms with van der Waals surface area (Å²) < 4.78 is 7.73. The third kappa shape index (κ3) is 5.70. The van der Waals surface area contributed by atoms with Gasteiger partial charge in [-0.25, -0.2) is 4.98 Å². The number of imidazole rings is 1. The summed E-state index contributed by atoms with van der Waals surface area (Å²) in [6.45, 7) is 10.3. The first-order chi connectivity index (χ1) is 17.8. The molecular weight excluding hydrogens is 460 g/mol. The van der Waals surface area contributed by atoms with Gasteiger partial charge < -0.3 is 14.0 Å². The van der Waals surface area contributed by atoms with E-state index in [0.29, 0.717) is 6.42 Å². The third-order valence-electron chi connectivity index (χ3n) is 6.95. The normalized spacial score (nSPS) is 14.8. The minimum absolute atomic E-state index is 0.00678. The monoisotopic (exact) mass is 496 g/mol. The van der Waals surface area contributed by atoms with Gasteiger partial charge in [0.25, 0.3) is 0 Å². The molecule has 1 amide bonds. The number of methoxy groups -OCH3 is 1. The molecule has 5 rings (SSSR count). The molecule has 1 aliphatic rings. The van der Waals surface area contributed by atoms with Gasteiger partial charge in [-0.2, -0.15) is 0 Å². The zero-order chi connectivity index (χ0) is 26.0. The molecule has 0 spiro atoms. The van der Waals surface area contributed by atoms with Crippen LogP contribution in [0.4, 0.5) is 0 Å². The van der Waals surface area contributed by atoms with Crippen LogP contribution in [0.5, 0.6) is 5.75 Å². The van der Waals surface area contributed by atoms with Crippen LogP contribution in [-0.2, 0) is 11.3 Å². The van der Waals surface area contributed by atoms with Crippen LogP contribution in [-0.4, -0.2) is 58.4 Å². The van der Waals surface area contributed by atoms with Crippen molar-refractivity contribution < 1.29 is 9.53 Å². The van der Waals surface area contributed by atoms with Crippen molar-refractivity contribution >= 4 is 11.6 Å². The predicted molar refractivity (Wildman–Crippen MR) is 149 cm³/mol. The highest BCUT2D eigenvalue weighted by Gasteiger charge is 2.26. The first-order valence-electron chi connectivity index (χ1n) is 13.0. The summed E-state index contributed by atoms with van der Waals surface area (Å²) >= 11 is 0. The van der Waals surface area contributed by atoms with Gasteiger partial charge in [0.1, 0.15) is 11.4 Å². The molecule has 0 N–H and O–H groups in total. The van der Waals surface area contributed by atoms with Crippen LogP contribution in [0.2, 0.25) is 0 Å². The fourth-order valence-corrected chi connectivity index (χ4v) is 4.98. The van der Waals surface area contributed by atoms with Gasteiger partial charge in [-0.3, -0.25) is 9.69 Å². The van der Waals surface area contributed by atoms with Crippen LogP contribution in [0.25, 0.3) is 28.0 Å². The van der Waals surface area contributed by atoms with Crippen molar-refractivity contribution in [2.75, 3.05) is 33.3 Å². The zero-order valence-corrected chi connectivity index (χ0v) is 22.3. The van der Waals surface area contributed by atoms with E-state index in [1.165, 1.54) is 5.56 Å². The molecule has 0 atom stereocenters. The van der Waals surface area contributed by atoms with Crippen molar-refractivity contribution in [3.8, 4) is 28.1 Å². The van der Waals surface area contributed by atoms with E-state index in [4.69, 9.17) is 9.72 Å². The number of hydrogen-bond donors (Lipinski definition) is 0. The maximum absolute atomic E-state index is 12.8. The molecule has 0 bridgehead atoms. The molecule has 0 radical (unpaired) electrons. The molecule has 1 aliphatic heterocycles. The van der Waals surface area contributed by atoms with Crippen molar-refractivity contribution in [3.63, 3.8) is 0 Å². The number of amides is 1. The second-order valence-electron chi connectivity index (χ2n) is 11.0. The molecule has 1 fully saturated rings. The molecule has 37 heavy (non-hydrogen) atoms. The van der Waals surface area contributed by atoms with Gasteiger partial charge in [0.15, 0.2) is 0 Å². The van der Waals surface area contributed by atoms with Crippen LogP contribution in [0.1, 0.15) is 32.9 Å². The second kappa shape index (κ2) is 10.4. The van der Waals surface area contributed by atoms with E-state index in [1.54, 1.807) is 7.11 Å². The Kier molecular flexibility index (Phi) is 7.02. The van der Waals surface area contributed by atoms with Crippen molar-refractivity contribution in [1.29, 1.82) is 0 Å². The Morgan fingerprint density at radius 2 is 1.62 bits per heavy atom. The summed E-state index contributed by atoms with van der Waals surface area (Å²) in [4.78, 5) is 22.3. The number of fused-ring (bicyclic) bond motifs is 1. The number of nitrogens with zero attached hydrogens (tertiary/aromatic N) is 4. The minimum Gasteiger partial charge on any atom is -0.497 e. The van der Waals surface area contributed by atoms with Crippen LogP contribution < -0.4 is 4.74 Å². The molecule has 1 saturated heterocycles. The zero-order valence-electron chi connectivity index (χ0n) is 22.3. The Balaban J connectivity index is 1.46. The molecule has 3 heterocycles. The number of carbonyl (C=O) groups excluding carboxylic acids is 1. The van der Waals surface area contributed by atoms with Crippen molar-refractivity contribution in [2.24, 2.45) is 5.41 Å². The van der Waals surface area contributed by atoms with Crippen molar-refractivity contribution in [2.45, 2.75) is 33.7 Å². The first kappa shape index (κ1) is 25.0. The van der Waals surface area contributed by atoms with Gasteiger partial charge in [0.2, 0.25) is 5.91 Å². The van der Waals surface area contributed by atoms with Gasteiger partial charge in [-0.1, -0.05) is 63.2 Å². The summed E-state index contributed by atoms with van der Waals surface area (Å²) in [5.41, 5.74) is 6.42. The number of piperazine rings is 1. The number of ether oxygens (including phenoxy) is 1. The quantitative estimate of drug-likeness (QED) is 0.341. The van der Waals surface area contributed by atoms with Crippen LogP contribution in [0.3, 0.4) is 0 Å². The van der Waals surface area contributed by atoms with E-state index in [-0.39, 0.29) is 11.3 Å². The van der Waals surface area contributed by atoms with E-state index in [0.717, 1.165) is 66.6 Å². The lowest BCUT2D eigenvalue weighted by atomic mass is 9.91. The van der Waals surface area contributed by atoms with Gasteiger partial charge in [-0.05, 0) is 40.8 Å². The molecule has 6 nitrogen and oxygen atoms in total. The summed E-state index contributed by atoms with van der Waals surface area (Å²) in [7, 11) is 1.69. The lowest BCUT2D eigenvalue weighted by Gasteiger charge is -2.36. The number of pyridine rings is 1. The predicted octanol–water partition coefficient (Wildman–Crippen LogP) is 5.76. The summed E-state index contributed by atoms with van der Waals surface area (Å²) in [6, 6.07) is 22.8. The van der Waals surface area contributed by atoms with Gasteiger partial charge >= 0.3 is 0 Å². The van der Waals surface area contributed by atoms with Crippen molar-refractivity contribution in [3.05, 3.63) is 78.6 Å². The summed E-state index contributed by atoms with van der Waals surface area (Å²) in [6.07, 6.45) is 2.78. The van der Waals surface area contributed by atoms with Gasteiger partial charge in [0.05, 0.1) is 18.5 Å². The average molecular weight is 497 g/mol. The van der Waals surface area contributed by atoms with E-state index in [2.05, 4.69) is 78.7 Å². The van der Waals surface area contributed by atoms with E-state index < -0.39 is 0 Å².